The Labute approximate surface area is 198 Å². The first kappa shape index (κ1) is 23.1. The van der Waals surface area contributed by atoms with E-state index in [0.717, 1.165) is 17.5 Å². The van der Waals surface area contributed by atoms with Crippen LogP contribution in [0.25, 0.3) is 10.9 Å². The second-order valence-corrected chi connectivity index (χ2v) is 10.0. The minimum Gasteiger partial charge on any atom is -0.494 e. The summed E-state index contributed by atoms with van der Waals surface area (Å²) < 4.78 is 34.3. The van der Waals surface area contributed by atoms with Gasteiger partial charge < -0.3 is 9.30 Å². The summed E-state index contributed by atoms with van der Waals surface area (Å²) in [5.74, 6) is 0.516. The van der Waals surface area contributed by atoms with E-state index >= 15 is 0 Å². The molecule has 0 aliphatic heterocycles. The fraction of sp³-hybridized carbons (Fsp3) is 0.192. The summed E-state index contributed by atoms with van der Waals surface area (Å²) in [5, 5.41) is 0.907. The van der Waals surface area contributed by atoms with Crippen molar-refractivity contribution < 1.29 is 13.2 Å². The number of fused-ring (bicyclic) bond motifs is 1. The maximum absolute atomic E-state index is 13.5. The van der Waals surface area contributed by atoms with Crippen LogP contribution in [-0.2, 0) is 22.8 Å². The zero-order valence-electron chi connectivity index (χ0n) is 18.4. The zero-order valence-corrected chi connectivity index (χ0v) is 20.0. The molecule has 0 N–H and O–H groups in total. The number of hydrogen-bond acceptors (Lipinski definition) is 4. The van der Waals surface area contributed by atoms with Gasteiger partial charge in [-0.3, -0.25) is 4.79 Å². The number of nitrogens with zero attached hydrogens (tertiary/aromatic N) is 1. The number of ether oxygens (including phenoxy) is 1. The Morgan fingerprint density at radius 1 is 0.909 bits per heavy atom. The second-order valence-electron chi connectivity index (χ2n) is 7.69. The summed E-state index contributed by atoms with van der Waals surface area (Å²) in [6.07, 6.45) is 2.23. The van der Waals surface area contributed by atoms with Crippen LogP contribution in [0.4, 0.5) is 0 Å². The van der Waals surface area contributed by atoms with Gasteiger partial charge in [-0.1, -0.05) is 42.8 Å². The average Bonchev–Trinajstić information content (AvgIpc) is 2.82. The van der Waals surface area contributed by atoms with Crippen LogP contribution in [0.1, 0.15) is 25.0 Å². The molecule has 7 heteroatoms. The van der Waals surface area contributed by atoms with Crippen LogP contribution in [0.3, 0.4) is 0 Å². The van der Waals surface area contributed by atoms with E-state index < -0.39 is 15.3 Å². The van der Waals surface area contributed by atoms with Gasteiger partial charge in [-0.25, -0.2) is 8.42 Å². The van der Waals surface area contributed by atoms with E-state index in [9.17, 15) is 13.2 Å². The molecule has 1 aromatic heterocycles. The zero-order chi connectivity index (χ0) is 23.6. The van der Waals surface area contributed by atoms with Crippen molar-refractivity contribution in [3.63, 3.8) is 0 Å². The molecule has 4 aromatic rings. The summed E-state index contributed by atoms with van der Waals surface area (Å²) in [6.45, 7) is 4.66. The van der Waals surface area contributed by atoms with E-state index in [-0.39, 0.29) is 9.79 Å². The van der Waals surface area contributed by atoms with Crippen LogP contribution >= 0.6 is 11.6 Å². The van der Waals surface area contributed by atoms with E-state index in [4.69, 9.17) is 16.3 Å². The molecular weight excluding hydrogens is 458 g/mol. The quantitative estimate of drug-likeness (QED) is 0.349. The lowest BCUT2D eigenvalue weighted by molar-refractivity contribution is 0.340. The molecule has 0 aliphatic rings. The SMILES string of the molecule is CCOc1ccc2c(c1)c(=O)c(S(=O)(=O)c1ccc(CC)cc1)cn2Cc1ccc(Cl)cc1. The Balaban J connectivity index is 1.93. The molecule has 0 atom stereocenters. The fourth-order valence-corrected chi connectivity index (χ4v) is 5.24. The number of hydrogen-bond donors (Lipinski definition) is 0. The molecule has 170 valence electrons. The first-order valence-corrected chi connectivity index (χ1v) is 12.6. The molecule has 3 aromatic carbocycles. The number of benzene rings is 3. The number of sulfone groups is 1. The van der Waals surface area contributed by atoms with Crippen molar-refractivity contribution in [3.8, 4) is 5.75 Å². The lowest BCUT2D eigenvalue weighted by Crippen LogP contribution is -2.20. The first-order chi connectivity index (χ1) is 15.8. The smallest absolute Gasteiger partial charge is 0.211 e. The Hall–Kier alpha value is -3.09. The van der Waals surface area contributed by atoms with Gasteiger partial charge >= 0.3 is 0 Å². The Kier molecular flexibility index (Phi) is 6.58. The molecular formula is C26H24ClNO4S. The largest absolute Gasteiger partial charge is 0.494 e. The van der Waals surface area contributed by atoms with Crippen LogP contribution in [-0.4, -0.2) is 19.6 Å². The van der Waals surface area contributed by atoms with Crippen molar-refractivity contribution >= 4 is 32.3 Å². The highest BCUT2D eigenvalue weighted by Gasteiger charge is 2.24. The topological polar surface area (TPSA) is 65.4 Å². The van der Waals surface area contributed by atoms with Gasteiger partial charge in [0.25, 0.3) is 0 Å². The fourth-order valence-electron chi connectivity index (χ4n) is 3.75. The lowest BCUT2D eigenvalue weighted by Gasteiger charge is -2.15. The van der Waals surface area contributed by atoms with E-state index in [1.54, 1.807) is 59.2 Å². The minimum atomic E-state index is -4.03. The molecule has 1 heterocycles. The average molecular weight is 482 g/mol. The van der Waals surface area contributed by atoms with Crippen LogP contribution in [0, 0.1) is 0 Å². The van der Waals surface area contributed by atoms with E-state index in [0.29, 0.717) is 34.8 Å². The predicted octanol–water partition coefficient (Wildman–Crippen LogP) is 5.50. The van der Waals surface area contributed by atoms with Gasteiger partial charge in [0, 0.05) is 17.8 Å². The molecule has 0 fully saturated rings. The monoisotopic (exact) mass is 481 g/mol. The molecule has 0 spiro atoms. The Morgan fingerprint density at radius 2 is 1.58 bits per heavy atom. The summed E-state index contributed by atoms with van der Waals surface area (Å²) >= 11 is 6.01. The van der Waals surface area contributed by atoms with Crippen molar-refractivity contribution in [3.05, 3.63) is 99.3 Å². The van der Waals surface area contributed by atoms with E-state index in [2.05, 4.69) is 0 Å². The van der Waals surface area contributed by atoms with Crippen molar-refractivity contribution in [2.75, 3.05) is 6.61 Å². The highest BCUT2D eigenvalue weighted by molar-refractivity contribution is 7.91. The molecule has 0 unspecified atom stereocenters. The van der Waals surface area contributed by atoms with Crippen molar-refractivity contribution in [1.82, 2.24) is 4.57 Å². The van der Waals surface area contributed by atoms with Gasteiger partial charge in [-0.15, -0.1) is 0 Å². The van der Waals surface area contributed by atoms with Gasteiger partial charge in [-0.2, -0.15) is 0 Å². The number of halogens is 1. The number of aryl methyl sites for hydroxylation is 1. The molecule has 33 heavy (non-hydrogen) atoms. The molecule has 0 saturated carbocycles. The molecule has 0 bridgehead atoms. The normalized spacial score (nSPS) is 11.6. The third kappa shape index (κ3) is 4.68. The van der Waals surface area contributed by atoms with Gasteiger partial charge in [0.2, 0.25) is 15.3 Å². The highest BCUT2D eigenvalue weighted by atomic mass is 35.5. The van der Waals surface area contributed by atoms with Crippen LogP contribution < -0.4 is 10.2 Å². The van der Waals surface area contributed by atoms with Gasteiger partial charge in [0.05, 0.1) is 22.4 Å². The number of aromatic nitrogens is 1. The second kappa shape index (κ2) is 9.41. The summed E-state index contributed by atoms with van der Waals surface area (Å²) in [6, 6.07) is 19.1. The Morgan fingerprint density at radius 3 is 2.21 bits per heavy atom. The third-order valence-corrected chi connectivity index (χ3v) is 7.54. The van der Waals surface area contributed by atoms with Crippen molar-refractivity contribution in [1.29, 1.82) is 0 Å². The molecule has 4 rings (SSSR count). The van der Waals surface area contributed by atoms with E-state index in [1.165, 1.54) is 6.20 Å². The minimum absolute atomic E-state index is 0.0927. The maximum Gasteiger partial charge on any atom is 0.211 e. The molecule has 0 amide bonds. The van der Waals surface area contributed by atoms with Crippen LogP contribution in [0.15, 0.2) is 87.5 Å². The number of pyridine rings is 1. The van der Waals surface area contributed by atoms with Crippen molar-refractivity contribution in [2.45, 2.75) is 36.6 Å². The maximum atomic E-state index is 13.5. The summed E-state index contributed by atoms with van der Waals surface area (Å²) in [7, 11) is -4.03. The molecule has 0 saturated heterocycles. The third-order valence-electron chi connectivity index (χ3n) is 5.53. The van der Waals surface area contributed by atoms with Gasteiger partial charge in [0.15, 0.2) is 0 Å². The first-order valence-electron chi connectivity index (χ1n) is 10.7. The van der Waals surface area contributed by atoms with Crippen LogP contribution in [0.5, 0.6) is 5.75 Å². The summed E-state index contributed by atoms with van der Waals surface area (Å²) in [5.41, 5.74) is 2.03. The predicted molar refractivity (Wildman–Crippen MR) is 131 cm³/mol. The molecule has 0 aliphatic carbocycles. The summed E-state index contributed by atoms with van der Waals surface area (Å²) in [4.78, 5) is 13.2. The van der Waals surface area contributed by atoms with Gasteiger partial charge in [0.1, 0.15) is 10.6 Å². The standard InChI is InChI=1S/C26H24ClNO4S/c1-3-18-7-12-22(13-8-18)33(30,31)25-17-28(16-19-5-9-20(27)10-6-19)24-14-11-21(32-4-2)15-23(24)26(25)29/h5-15,17H,3-4,16H2,1-2H3. The molecule has 0 radical (unpaired) electrons. The molecule has 5 nitrogen and oxygen atoms in total. The number of rotatable bonds is 7. The highest BCUT2D eigenvalue weighted by Crippen LogP contribution is 2.25. The lowest BCUT2D eigenvalue weighted by atomic mass is 10.1. The van der Waals surface area contributed by atoms with Crippen LogP contribution in [0.2, 0.25) is 5.02 Å². The van der Waals surface area contributed by atoms with Gasteiger partial charge in [-0.05, 0) is 66.9 Å². The van der Waals surface area contributed by atoms with E-state index in [1.807, 2.05) is 26.0 Å². The Bertz CT molecular complexity index is 1460. The van der Waals surface area contributed by atoms with Crippen molar-refractivity contribution in [2.24, 2.45) is 0 Å².